The van der Waals surface area contributed by atoms with Crippen LogP contribution >= 0.6 is 0 Å². The summed E-state index contributed by atoms with van der Waals surface area (Å²) in [4.78, 5) is 8.86. The number of halogens is 6. The maximum Gasteiger partial charge on any atom is 0.416 e. The van der Waals surface area contributed by atoms with Gasteiger partial charge in [0.2, 0.25) is 5.90 Å². The largest absolute Gasteiger partial charge is 0.476 e. The molecule has 0 spiro atoms. The molecule has 0 N–H and O–H groups in total. The van der Waals surface area contributed by atoms with Gasteiger partial charge >= 0.3 is 12.4 Å². The second-order valence-electron chi connectivity index (χ2n) is 9.48. The van der Waals surface area contributed by atoms with E-state index < -0.39 is 35.6 Å². The van der Waals surface area contributed by atoms with Gasteiger partial charge in [0.15, 0.2) is 6.10 Å². The molecule has 0 saturated carbocycles. The van der Waals surface area contributed by atoms with Gasteiger partial charge in [-0.1, -0.05) is 50.2 Å². The summed E-state index contributed by atoms with van der Waals surface area (Å²) >= 11 is 0. The van der Waals surface area contributed by atoms with E-state index in [1.165, 1.54) is 18.2 Å². The first-order valence-electron chi connectivity index (χ1n) is 12.1. The van der Waals surface area contributed by atoms with Gasteiger partial charge in [0.25, 0.3) is 6.40 Å². The molecule has 0 amide bonds. The quantitative estimate of drug-likeness (QED) is 0.340. The number of hydrogen-bond acceptors (Lipinski definition) is 4. The Hall–Kier alpha value is -3.04. The number of nitrogens with zero attached hydrogens (tertiary/aromatic N) is 2. The van der Waals surface area contributed by atoms with Gasteiger partial charge < -0.3 is 9.47 Å². The predicted octanol–water partition coefficient (Wildman–Crippen LogP) is 7.27. The fourth-order valence-corrected chi connectivity index (χ4v) is 4.77. The monoisotopic (exact) mass is 525 g/mol. The Balaban J connectivity index is 1.42. The summed E-state index contributed by atoms with van der Waals surface area (Å²) in [5, 5.41) is 0. The Kier molecular flexibility index (Phi) is 7.85. The van der Waals surface area contributed by atoms with Crippen molar-refractivity contribution in [3.05, 3.63) is 70.8 Å². The van der Waals surface area contributed by atoms with Crippen molar-refractivity contribution >= 4 is 12.3 Å². The molecule has 10 heteroatoms. The predicted molar refractivity (Wildman–Crippen MR) is 127 cm³/mol. The van der Waals surface area contributed by atoms with Crippen molar-refractivity contribution in [1.29, 1.82) is 0 Å². The lowest BCUT2D eigenvalue weighted by Crippen LogP contribution is -2.32. The van der Waals surface area contributed by atoms with Gasteiger partial charge in [0.1, 0.15) is 12.6 Å². The maximum atomic E-state index is 13.2. The van der Waals surface area contributed by atoms with Crippen LogP contribution in [-0.2, 0) is 21.8 Å². The van der Waals surface area contributed by atoms with E-state index in [1.54, 1.807) is 12.1 Å². The first-order valence-corrected chi connectivity index (χ1v) is 12.1. The summed E-state index contributed by atoms with van der Waals surface area (Å²) in [6.45, 7) is 4.00. The van der Waals surface area contributed by atoms with Crippen LogP contribution in [0.15, 0.2) is 58.5 Å². The normalized spacial score (nSPS) is 23.4. The second kappa shape index (κ2) is 10.8. The second-order valence-corrected chi connectivity index (χ2v) is 9.48. The first kappa shape index (κ1) is 27.0. The number of rotatable bonds is 8. The van der Waals surface area contributed by atoms with Crippen molar-refractivity contribution in [2.24, 2.45) is 9.98 Å². The van der Waals surface area contributed by atoms with Crippen LogP contribution in [0.4, 0.5) is 26.3 Å². The molecule has 2 aromatic carbocycles. The van der Waals surface area contributed by atoms with Gasteiger partial charge in [-0.25, -0.2) is 9.98 Å². The summed E-state index contributed by atoms with van der Waals surface area (Å²) in [7, 11) is 0. The zero-order chi connectivity index (χ0) is 26.8. The average Bonchev–Trinajstić information content (AvgIpc) is 3.50. The molecule has 0 fully saturated rings. The van der Waals surface area contributed by atoms with Crippen LogP contribution in [0.1, 0.15) is 67.2 Å². The van der Waals surface area contributed by atoms with Gasteiger partial charge in [0, 0.05) is 0 Å². The Morgan fingerprint density at radius 2 is 1.57 bits per heavy atom. The highest BCUT2D eigenvalue weighted by molar-refractivity contribution is 5.85. The summed E-state index contributed by atoms with van der Waals surface area (Å²) in [5.74, 6) is -0.0489. The Morgan fingerprint density at radius 1 is 0.946 bits per heavy atom. The highest BCUT2D eigenvalue weighted by Crippen LogP contribution is 2.36. The number of benzene rings is 2. The number of alkyl halides is 6. The Labute approximate surface area is 211 Å². The van der Waals surface area contributed by atoms with Gasteiger partial charge in [-0.05, 0) is 54.4 Å². The van der Waals surface area contributed by atoms with E-state index >= 15 is 0 Å². The lowest BCUT2D eigenvalue weighted by atomic mass is 9.87. The van der Waals surface area contributed by atoms with E-state index in [0.717, 1.165) is 18.2 Å². The molecule has 0 aliphatic carbocycles. The smallest absolute Gasteiger partial charge is 0.416 e. The van der Waals surface area contributed by atoms with Crippen LogP contribution in [0, 0.1) is 0 Å². The van der Waals surface area contributed by atoms with E-state index in [2.05, 4.69) is 16.4 Å². The molecule has 1 radical (unpaired) electrons. The zero-order valence-corrected chi connectivity index (χ0v) is 20.3. The van der Waals surface area contributed by atoms with Crippen molar-refractivity contribution in [2.45, 2.75) is 75.5 Å². The average molecular weight is 526 g/mol. The maximum absolute atomic E-state index is 13.2. The van der Waals surface area contributed by atoms with E-state index in [0.29, 0.717) is 36.3 Å². The van der Waals surface area contributed by atoms with E-state index in [9.17, 15) is 26.3 Å². The van der Waals surface area contributed by atoms with Gasteiger partial charge in [-0.3, -0.25) is 0 Å². The standard InChI is InChI=1S/C27H27F6N2O2/c1-3-17(19-7-5-9-21(12-19)27(31,32)33)13-23-24(37-15-34-23)25-35-22(14-36-25)10-16(2)18-6-4-8-20(11-18)26(28,29)30/h4-9,11-12,16-17,22-24H,3,10,13-14H2,1-2H3. The summed E-state index contributed by atoms with van der Waals surface area (Å²) in [5.41, 5.74) is -0.249. The van der Waals surface area contributed by atoms with Crippen LogP contribution in [0.3, 0.4) is 0 Å². The SMILES string of the molecule is CCC(CC1N=[C]OC1C1=NC(CC(C)c2cccc(C(F)(F)F)c2)CO1)c1cccc(C(F)(F)F)c1. The summed E-state index contributed by atoms with van der Waals surface area (Å²) < 4.78 is 90.1. The molecule has 37 heavy (non-hydrogen) atoms. The highest BCUT2D eigenvalue weighted by atomic mass is 19.4. The van der Waals surface area contributed by atoms with Crippen molar-refractivity contribution in [3.8, 4) is 0 Å². The molecule has 5 atom stereocenters. The van der Waals surface area contributed by atoms with E-state index in [1.807, 2.05) is 13.8 Å². The topological polar surface area (TPSA) is 43.2 Å². The van der Waals surface area contributed by atoms with Crippen LogP contribution < -0.4 is 0 Å². The molecule has 2 aromatic rings. The summed E-state index contributed by atoms with van der Waals surface area (Å²) in [6, 6.07) is 9.85. The third-order valence-electron chi connectivity index (χ3n) is 6.84. The Bertz CT molecular complexity index is 1140. The molecule has 0 saturated heterocycles. The number of hydrogen-bond donors (Lipinski definition) is 0. The minimum absolute atomic E-state index is 0.188. The highest BCUT2D eigenvalue weighted by Gasteiger charge is 2.39. The van der Waals surface area contributed by atoms with E-state index in [4.69, 9.17) is 9.47 Å². The Morgan fingerprint density at radius 3 is 2.19 bits per heavy atom. The van der Waals surface area contributed by atoms with E-state index in [-0.39, 0.29) is 24.5 Å². The fraction of sp³-hybridized carbons (Fsp3) is 0.481. The first-order chi connectivity index (χ1) is 17.5. The van der Waals surface area contributed by atoms with Crippen LogP contribution in [-0.4, -0.2) is 37.1 Å². The molecule has 4 rings (SSSR count). The molecule has 2 aliphatic heterocycles. The van der Waals surface area contributed by atoms with Gasteiger partial charge in [-0.15, -0.1) is 0 Å². The van der Waals surface area contributed by atoms with Crippen molar-refractivity contribution in [2.75, 3.05) is 6.61 Å². The van der Waals surface area contributed by atoms with Gasteiger partial charge in [-0.2, -0.15) is 26.3 Å². The van der Waals surface area contributed by atoms with Crippen molar-refractivity contribution < 1.29 is 35.8 Å². The molecule has 2 aliphatic rings. The molecule has 0 aromatic heterocycles. The van der Waals surface area contributed by atoms with Gasteiger partial charge in [0.05, 0.1) is 17.2 Å². The number of ether oxygens (including phenoxy) is 2. The van der Waals surface area contributed by atoms with Crippen LogP contribution in [0.5, 0.6) is 0 Å². The third kappa shape index (κ3) is 6.45. The molecular weight excluding hydrogens is 498 g/mol. The molecule has 0 bridgehead atoms. The lowest BCUT2D eigenvalue weighted by molar-refractivity contribution is -0.138. The molecule has 2 heterocycles. The van der Waals surface area contributed by atoms with Crippen molar-refractivity contribution in [1.82, 2.24) is 0 Å². The molecule has 5 unspecified atom stereocenters. The number of aliphatic imine (C=N–C) groups is 2. The summed E-state index contributed by atoms with van der Waals surface area (Å²) in [6.07, 6.45) is -5.48. The zero-order valence-electron chi connectivity index (χ0n) is 20.3. The minimum atomic E-state index is -4.42. The third-order valence-corrected chi connectivity index (χ3v) is 6.84. The minimum Gasteiger partial charge on any atom is -0.476 e. The molecule has 199 valence electrons. The molecule has 4 nitrogen and oxygen atoms in total. The fourth-order valence-electron chi connectivity index (χ4n) is 4.77. The van der Waals surface area contributed by atoms with Crippen molar-refractivity contribution in [3.63, 3.8) is 0 Å². The van der Waals surface area contributed by atoms with Crippen LogP contribution in [0.25, 0.3) is 0 Å². The van der Waals surface area contributed by atoms with Crippen LogP contribution in [0.2, 0.25) is 0 Å². The lowest BCUT2D eigenvalue weighted by Gasteiger charge is -2.22. The molecular formula is C27H27F6N2O2.